The number of thioether (sulfide) groups is 1. The van der Waals surface area contributed by atoms with Crippen molar-refractivity contribution in [2.24, 2.45) is 0 Å². The van der Waals surface area contributed by atoms with Crippen LogP contribution in [0.5, 0.6) is 5.75 Å². The summed E-state index contributed by atoms with van der Waals surface area (Å²) >= 11 is 12.9. The Kier molecular flexibility index (Phi) is 7.95. The van der Waals surface area contributed by atoms with Crippen LogP contribution in [-0.4, -0.2) is 24.0 Å². The van der Waals surface area contributed by atoms with Crippen molar-refractivity contribution < 1.29 is 4.74 Å². The van der Waals surface area contributed by atoms with Gasteiger partial charge in [-0.25, -0.2) is 0 Å². The quantitative estimate of drug-likeness (QED) is 0.293. The van der Waals surface area contributed by atoms with Gasteiger partial charge in [0.2, 0.25) is 0 Å². The first kappa shape index (κ1) is 18.6. The Morgan fingerprint density at radius 3 is 2.54 bits per heavy atom. The van der Waals surface area contributed by atoms with Crippen LogP contribution in [0.15, 0.2) is 66.1 Å². The van der Waals surface area contributed by atoms with E-state index in [2.05, 4.69) is 17.2 Å². The molecule has 0 radical (unpaired) electrons. The van der Waals surface area contributed by atoms with Crippen LogP contribution in [0.4, 0.5) is 5.69 Å². The van der Waals surface area contributed by atoms with E-state index in [1.165, 1.54) is 4.90 Å². The van der Waals surface area contributed by atoms with Crippen LogP contribution < -0.4 is 15.4 Å². The van der Waals surface area contributed by atoms with E-state index in [1.54, 1.807) is 17.8 Å². The van der Waals surface area contributed by atoms with Crippen LogP contribution >= 0.6 is 35.6 Å². The average molecular weight is 379 g/mol. The summed E-state index contributed by atoms with van der Waals surface area (Å²) < 4.78 is 5.44. The number of hydrogen-bond donors (Lipinski definition) is 2. The van der Waals surface area contributed by atoms with Crippen molar-refractivity contribution in [1.82, 2.24) is 5.32 Å². The number of thiocarbonyl (C=S) groups is 1. The number of hydrogen-bond acceptors (Lipinski definition) is 3. The van der Waals surface area contributed by atoms with Gasteiger partial charge in [-0.3, -0.25) is 0 Å². The van der Waals surface area contributed by atoms with Crippen molar-refractivity contribution in [3.05, 3.63) is 66.2 Å². The molecule has 0 saturated carbocycles. The van der Waals surface area contributed by atoms with Crippen molar-refractivity contribution in [1.29, 1.82) is 0 Å². The molecule has 0 aliphatic rings. The minimum atomic E-state index is 0.498. The number of anilines is 1. The fraction of sp³-hybridized carbons (Fsp3) is 0.167. The van der Waals surface area contributed by atoms with Crippen molar-refractivity contribution in [2.75, 3.05) is 24.2 Å². The van der Waals surface area contributed by atoms with Gasteiger partial charge in [0, 0.05) is 27.9 Å². The molecule has 0 amide bonds. The van der Waals surface area contributed by atoms with Crippen LogP contribution in [0, 0.1) is 0 Å². The second-order valence-corrected chi connectivity index (χ2v) is 6.82. The summed E-state index contributed by atoms with van der Waals surface area (Å²) in [5.74, 6) is 1.72. The van der Waals surface area contributed by atoms with Crippen LogP contribution in [0.3, 0.4) is 0 Å². The summed E-state index contributed by atoms with van der Waals surface area (Å²) in [5.41, 5.74) is 0.920. The lowest BCUT2D eigenvalue weighted by atomic mass is 10.3. The maximum Gasteiger partial charge on any atom is 0.170 e. The number of benzene rings is 2. The summed E-state index contributed by atoms with van der Waals surface area (Å²) in [6.45, 7) is 4.90. The molecule has 126 valence electrons. The number of rotatable bonds is 8. The van der Waals surface area contributed by atoms with Crippen LogP contribution in [0.2, 0.25) is 5.02 Å². The minimum absolute atomic E-state index is 0.498. The molecule has 0 heterocycles. The van der Waals surface area contributed by atoms with Gasteiger partial charge in [0.25, 0.3) is 0 Å². The Bertz CT molecular complexity index is 660. The van der Waals surface area contributed by atoms with E-state index >= 15 is 0 Å². The van der Waals surface area contributed by atoms with Gasteiger partial charge in [-0.1, -0.05) is 24.3 Å². The second-order valence-electron chi connectivity index (χ2n) is 4.81. The predicted molar refractivity (Wildman–Crippen MR) is 109 cm³/mol. The number of halogens is 1. The molecule has 0 saturated heterocycles. The van der Waals surface area contributed by atoms with Gasteiger partial charge < -0.3 is 15.4 Å². The summed E-state index contributed by atoms with van der Waals surface area (Å²) in [6.07, 6.45) is 1.72. The van der Waals surface area contributed by atoms with Crippen molar-refractivity contribution in [3.63, 3.8) is 0 Å². The van der Waals surface area contributed by atoms with E-state index < -0.39 is 0 Å². The molecule has 6 heteroatoms. The van der Waals surface area contributed by atoms with Crippen molar-refractivity contribution in [2.45, 2.75) is 4.90 Å². The molecule has 2 aromatic rings. The molecule has 3 nitrogen and oxygen atoms in total. The highest BCUT2D eigenvalue weighted by molar-refractivity contribution is 7.99. The topological polar surface area (TPSA) is 33.3 Å². The van der Waals surface area contributed by atoms with Crippen LogP contribution in [0.25, 0.3) is 0 Å². The molecule has 0 atom stereocenters. The summed E-state index contributed by atoms with van der Waals surface area (Å²) in [7, 11) is 0. The Balaban J connectivity index is 1.67. The van der Waals surface area contributed by atoms with Crippen LogP contribution in [0.1, 0.15) is 0 Å². The van der Waals surface area contributed by atoms with Gasteiger partial charge in [0.15, 0.2) is 5.11 Å². The first-order chi connectivity index (χ1) is 11.7. The monoisotopic (exact) mass is 378 g/mol. The lowest BCUT2D eigenvalue weighted by Crippen LogP contribution is -2.30. The molecule has 2 N–H and O–H groups in total. The van der Waals surface area contributed by atoms with Crippen molar-refractivity contribution in [3.8, 4) is 5.75 Å². The highest BCUT2D eigenvalue weighted by Gasteiger charge is 1.99. The zero-order chi connectivity index (χ0) is 17.2. The van der Waals surface area contributed by atoms with Gasteiger partial charge in [-0.15, -0.1) is 11.8 Å². The van der Waals surface area contributed by atoms with Crippen molar-refractivity contribution >= 4 is 46.4 Å². The first-order valence-electron chi connectivity index (χ1n) is 7.44. The smallest absolute Gasteiger partial charge is 0.170 e. The lowest BCUT2D eigenvalue weighted by Gasteiger charge is -2.11. The second kappa shape index (κ2) is 10.2. The van der Waals surface area contributed by atoms with E-state index in [9.17, 15) is 0 Å². The normalized spacial score (nSPS) is 10.0. The van der Waals surface area contributed by atoms with Gasteiger partial charge >= 0.3 is 0 Å². The van der Waals surface area contributed by atoms with E-state index in [0.29, 0.717) is 11.7 Å². The molecule has 2 rings (SSSR count). The maximum atomic E-state index is 5.87. The Morgan fingerprint density at radius 2 is 1.88 bits per heavy atom. The van der Waals surface area contributed by atoms with E-state index in [4.69, 9.17) is 28.6 Å². The average Bonchev–Trinajstić information content (AvgIpc) is 2.60. The highest BCUT2D eigenvalue weighted by atomic mass is 35.5. The molecule has 0 aliphatic heterocycles. The Morgan fingerprint density at radius 1 is 1.17 bits per heavy atom. The summed E-state index contributed by atoms with van der Waals surface area (Å²) in [5, 5.41) is 7.70. The van der Waals surface area contributed by atoms with E-state index in [-0.39, 0.29) is 0 Å². The predicted octanol–water partition coefficient (Wildman–Crippen LogP) is 4.98. The third kappa shape index (κ3) is 6.83. The molecule has 0 fully saturated rings. The zero-order valence-electron chi connectivity index (χ0n) is 13.1. The SMILES string of the molecule is C=CCOc1ccc(NC(=S)NCCSc2ccc(Cl)cc2)cc1. The molecule has 0 spiro atoms. The molecular formula is C18H19ClN2OS2. The van der Waals surface area contributed by atoms with Gasteiger partial charge in [-0.2, -0.15) is 0 Å². The maximum absolute atomic E-state index is 5.87. The summed E-state index contributed by atoms with van der Waals surface area (Å²) in [4.78, 5) is 1.19. The fourth-order valence-electron chi connectivity index (χ4n) is 1.83. The molecule has 0 aromatic heterocycles. The highest BCUT2D eigenvalue weighted by Crippen LogP contribution is 2.19. The molecule has 24 heavy (non-hydrogen) atoms. The van der Waals surface area contributed by atoms with E-state index in [0.717, 1.165) is 28.8 Å². The molecule has 0 aliphatic carbocycles. The first-order valence-corrected chi connectivity index (χ1v) is 9.21. The lowest BCUT2D eigenvalue weighted by molar-refractivity contribution is 0.363. The molecular weight excluding hydrogens is 360 g/mol. The third-order valence-electron chi connectivity index (χ3n) is 2.95. The summed E-state index contributed by atoms with van der Waals surface area (Å²) in [6, 6.07) is 15.5. The van der Waals surface area contributed by atoms with Crippen LogP contribution in [-0.2, 0) is 0 Å². The standard InChI is InChI=1S/C18H19ClN2OS2/c1-2-12-22-16-7-5-15(6-8-16)21-18(23)20-11-13-24-17-9-3-14(19)4-10-17/h2-10H,1,11-13H2,(H2,20,21,23). The fourth-order valence-corrected chi connectivity index (χ4v) is 2.94. The Labute approximate surface area is 157 Å². The number of nitrogens with one attached hydrogen (secondary N) is 2. The number of ether oxygens (including phenoxy) is 1. The molecule has 2 aromatic carbocycles. The largest absolute Gasteiger partial charge is 0.490 e. The molecule has 0 unspecified atom stereocenters. The third-order valence-corrected chi connectivity index (χ3v) is 4.46. The van der Waals surface area contributed by atoms with E-state index in [1.807, 2.05) is 48.5 Å². The van der Waals surface area contributed by atoms with Gasteiger partial charge in [-0.05, 0) is 60.7 Å². The zero-order valence-corrected chi connectivity index (χ0v) is 15.5. The molecule has 0 bridgehead atoms. The van der Waals surface area contributed by atoms with Gasteiger partial charge in [0.1, 0.15) is 12.4 Å². The minimum Gasteiger partial charge on any atom is -0.490 e. The van der Waals surface area contributed by atoms with Gasteiger partial charge in [0.05, 0.1) is 0 Å². The Hall–Kier alpha value is -1.69.